The van der Waals surface area contributed by atoms with Gasteiger partial charge < -0.3 is 0 Å². The fourth-order valence-corrected chi connectivity index (χ4v) is 4.73. The lowest BCUT2D eigenvalue weighted by Crippen LogP contribution is -2.33. The van der Waals surface area contributed by atoms with Gasteiger partial charge in [0.25, 0.3) is 5.01 Å². The Labute approximate surface area is 131 Å². The van der Waals surface area contributed by atoms with E-state index in [0.717, 1.165) is 6.54 Å². The monoisotopic (exact) mass is 298 g/mol. The summed E-state index contributed by atoms with van der Waals surface area (Å²) in [6, 6.07) is 8.71. The van der Waals surface area contributed by atoms with Gasteiger partial charge in [-0.2, -0.15) is 4.57 Å². The molecule has 0 amide bonds. The lowest BCUT2D eigenvalue weighted by molar-refractivity contribution is -0.665. The molecule has 0 spiro atoms. The van der Waals surface area contributed by atoms with E-state index in [-0.39, 0.29) is 0 Å². The van der Waals surface area contributed by atoms with E-state index in [0.29, 0.717) is 5.41 Å². The normalized spacial score (nSPS) is 20.0. The molecular weight excluding hydrogens is 274 g/mol. The van der Waals surface area contributed by atoms with E-state index in [2.05, 4.69) is 68.7 Å². The van der Waals surface area contributed by atoms with E-state index >= 15 is 0 Å². The van der Waals surface area contributed by atoms with Crippen molar-refractivity contribution in [3.8, 4) is 0 Å². The Balaban J connectivity index is 2.09. The summed E-state index contributed by atoms with van der Waals surface area (Å²) in [5, 5.41) is 1.37. The van der Waals surface area contributed by atoms with Crippen LogP contribution in [0, 0.1) is 5.41 Å². The van der Waals surface area contributed by atoms with E-state index in [4.69, 9.17) is 0 Å². The Kier molecular flexibility index (Phi) is 3.75. The smallest absolute Gasteiger partial charge is 0.182 e. The lowest BCUT2D eigenvalue weighted by atomic mass is 9.75. The Bertz CT molecular complexity index is 731. The second-order valence-electron chi connectivity index (χ2n) is 6.88. The summed E-state index contributed by atoms with van der Waals surface area (Å²) < 4.78 is 3.81. The maximum Gasteiger partial charge on any atom is 0.263 e. The van der Waals surface area contributed by atoms with Crippen molar-refractivity contribution < 1.29 is 4.57 Å². The van der Waals surface area contributed by atoms with Crippen molar-refractivity contribution in [1.29, 1.82) is 0 Å². The molecule has 110 valence electrons. The first kappa shape index (κ1) is 14.5. The molecule has 2 aromatic rings. The molecule has 3 rings (SSSR count). The molecule has 1 aliphatic rings. The second-order valence-corrected chi connectivity index (χ2v) is 7.94. The van der Waals surface area contributed by atoms with E-state index < -0.39 is 0 Å². The highest BCUT2D eigenvalue weighted by atomic mass is 32.1. The zero-order valence-corrected chi connectivity index (χ0v) is 14.3. The molecule has 0 radical (unpaired) electrons. The zero-order chi connectivity index (χ0) is 15.0. The molecule has 0 atom stereocenters. The number of benzene rings is 1. The van der Waals surface area contributed by atoms with Crippen molar-refractivity contribution in [3.05, 3.63) is 46.5 Å². The van der Waals surface area contributed by atoms with E-state index in [1.165, 1.54) is 39.2 Å². The highest BCUT2D eigenvalue weighted by Gasteiger charge is 2.25. The van der Waals surface area contributed by atoms with Crippen LogP contribution < -0.4 is 4.57 Å². The number of aromatic nitrogens is 1. The molecule has 0 aliphatic heterocycles. The third-order valence-electron chi connectivity index (χ3n) is 4.13. The molecular formula is C19H24NS+. The van der Waals surface area contributed by atoms with Gasteiger partial charge in [0.15, 0.2) is 0 Å². The number of para-hydroxylation sites is 1. The van der Waals surface area contributed by atoms with Crippen molar-refractivity contribution in [3.63, 3.8) is 0 Å². The molecule has 1 aromatic heterocycles. The van der Waals surface area contributed by atoms with Crippen LogP contribution in [0.1, 0.15) is 45.5 Å². The van der Waals surface area contributed by atoms with Gasteiger partial charge in [-0.3, -0.25) is 0 Å². The van der Waals surface area contributed by atoms with Crippen molar-refractivity contribution in [2.45, 2.75) is 47.1 Å². The predicted octanol–water partition coefficient (Wildman–Crippen LogP) is 5.36. The minimum Gasteiger partial charge on any atom is -0.182 e. The highest BCUT2D eigenvalue weighted by Crippen LogP contribution is 2.38. The average Bonchev–Trinajstić information content (AvgIpc) is 2.73. The van der Waals surface area contributed by atoms with Crippen LogP contribution in [0.5, 0.6) is 0 Å². The number of rotatable bonds is 2. The second kappa shape index (κ2) is 5.42. The zero-order valence-electron chi connectivity index (χ0n) is 13.4. The van der Waals surface area contributed by atoms with Crippen molar-refractivity contribution in [2.24, 2.45) is 5.41 Å². The number of thiazole rings is 1. The highest BCUT2D eigenvalue weighted by molar-refractivity contribution is 7.18. The number of aryl methyl sites for hydroxylation is 1. The van der Waals surface area contributed by atoms with E-state index in [1.54, 1.807) is 0 Å². The average molecular weight is 298 g/mol. The van der Waals surface area contributed by atoms with Crippen molar-refractivity contribution >= 4 is 27.6 Å². The summed E-state index contributed by atoms with van der Waals surface area (Å²) in [6.07, 6.45) is 7.17. The third kappa shape index (κ3) is 2.96. The Hall–Kier alpha value is -1.41. The van der Waals surface area contributed by atoms with Gasteiger partial charge >= 0.3 is 0 Å². The topological polar surface area (TPSA) is 3.88 Å². The van der Waals surface area contributed by atoms with Crippen LogP contribution >= 0.6 is 11.3 Å². The lowest BCUT2D eigenvalue weighted by Gasteiger charge is -2.29. The van der Waals surface area contributed by atoms with Crippen molar-refractivity contribution in [1.82, 2.24) is 0 Å². The Morgan fingerprint density at radius 3 is 2.71 bits per heavy atom. The van der Waals surface area contributed by atoms with E-state index in [9.17, 15) is 0 Å². The molecule has 0 N–H and O–H groups in total. The Morgan fingerprint density at radius 1 is 1.24 bits per heavy atom. The molecule has 0 saturated carbocycles. The largest absolute Gasteiger partial charge is 0.263 e. The van der Waals surface area contributed by atoms with Crippen LogP contribution in [0.2, 0.25) is 0 Å². The van der Waals surface area contributed by atoms with Crippen LogP contribution in [0.15, 0.2) is 41.5 Å². The number of hydrogen-bond donors (Lipinski definition) is 0. The molecule has 21 heavy (non-hydrogen) atoms. The molecule has 0 fully saturated rings. The molecule has 1 heterocycles. The first-order valence-corrected chi connectivity index (χ1v) is 8.59. The summed E-state index contributed by atoms with van der Waals surface area (Å²) >= 11 is 1.90. The van der Waals surface area contributed by atoms with Gasteiger partial charge in [-0.15, -0.1) is 0 Å². The van der Waals surface area contributed by atoms with Crippen molar-refractivity contribution in [2.75, 3.05) is 0 Å². The maximum absolute atomic E-state index is 2.43. The molecule has 0 bridgehead atoms. The standard InChI is InChI=1S/C19H24NS/c1-5-20-16-8-6-7-9-17(16)21-18(20)11-15-10-14(2)12-19(3,4)13-15/h6-11H,5,12-13H2,1-4H3/q+1. The minimum atomic E-state index is 0.387. The molecule has 0 saturated heterocycles. The van der Waals surface area contributed by atoms with Gasteiger partial charge in [-0.1, -0.05) is 49.0 Å². The van der Waals surface area contributed by atoms with Gasteiger partial charge in [-0.05, 0) is 43.7 Å². The minimum absolute atomic E-state index is 0.387. The first-order valence-electron chi connectivity index (χ1n) is 7.78. The summed E-state index contributed by atoms with van der Waals surface area (Å²) in [5.74, 6) is 0. The molecule has 2 heteroatoms. The number of hydrogen-bond acceptors (Lipinski definition) is 1. The van der Waals surface area contributed by atoms with Crippen LogP contribution in [0.25, 0.3) is 16.3 Å². The Morgan fingerprint density at radius 2 is 2.00 bits per heavy atom. The summed E-state index contributed by atoms with van der Waals surface area (Å²) in [5.41, 5.74) is 4.71. The summed E-state index contributed by atoms with van der Waals surface area (Å²) in [7, 11) is 0. The molecule has 1 aliphatic carbocycles. The van der Waals surface area contributed by atoms with Crippen LogP contribution in [0.3, 0.4) is 0 Å². The van der Waals surface area contributed by atoms with E-state index in [1.807, 2.05) is 11.3 Å². The fourth-order valence-electron chi connectivity index (χ4n) is 3.53. The SMILES string of the molecule is CC[n+]1c(C=C2C=C(C)CC(C)(C)C2)sc2ccccc21. The van der Waals surface area contributed by atoms with Gasteiger partial charge in [0.05, 0.1) is 0 Å². The molecule has 1 aromatic carbocycles. The third-order valence-corrected chi connectivity index (χ3v) is 5.25. The maximum atomic E-state index is 2.43. The number of fused-ring (bicyclic) bond motifs is 1. The van der Waals surface area contributed by atoms with Gasteiger partial charge in [0, 0.05) is 12.1 Å². The summed E-state index contributed by atoms with van der Waals surface area (Å²) in [4.78, 5) is 0. The fraction of sp³-hybridized carbons (Fsp3) is 0.421. The van der Waals surface area contributed by atoms with Crippen LogP contribution in [-0.2, 0) is 6.54 Å². The number of nitrogens with zero attached hydrogens (tertiary/aromatic N) is 1. The predicted molar refractivity (Wildman–Crippen MR) is 92.4 cm³/mol. The first-order chi connectivity index (χ1) is 9.98. The summed E-state index contributed by atoms with van der Waals surface area (Å²) in [6.45, 7) is 10.3. The molecule has 1 nitrogen and oxygen atoms in total. The quantitative estimate of drug-likeness (QED) is 0.657. The molecule has 0 unspecified atom stereocenters. The van der Waals surface area contributed by atoms with Crippen LogP contribution in [-0.4, -0.2) is 0 Å². The van der Waals surface area contributed by atoms with Gasteiger partial charge in [0.2, 0.25) is 5.52 Å². The van der Waals surface area contributed by atoms with Crippen LogP contribution in [0.4, 0.5) is 0 Å². The van der Waals surface area contributed by atoms with Gasteiger partial charge in [-0.25, -0.2) is 0 Å². The number of allylic oxidation sites excluding steroid dienone is 3. The van der Waals surface area contributed by atoms with Gasteiger partial charge in [0.1, 0.15) is 11.2 Å².